The number of anilines is 1. The molecule has 188 valence electrons. The maximum atomic E-state index is 14.0. The van der Waals surface area contributed by atoms with E-state index in [0.29, 0.717) is 29.0 Å². The van der Waals surface area contributed by atoms with Gasteiger partial charge in [-0.25, -0.2) is 22.5 Å². The average Bonchev–Trinajstić information content (AvgIpc) is 3.59. The summed E-state index contributed by atoms with van der Waals surface area (Å²) < 4.78 is 43.5. The number of fused-ring (bicyclic) bond motifs is 1. The zero-order valence-electron chi connectivity index (χ0n) is 19.5. The minimum atomic E-state index is -3.66. The lowest BCUT2D eigenvalue weighted by atomic mass is 9.97. The SMILES string of the molecule is CC(C)(O)c1ccnc(-c2cccc3cc([C@H](NS(=O)(=O)C4CC4)c4nc(N)c(F)cc4Cl)sc23)c1. The van der Waals surface area contributed by atoms with E-state index in [2.05, 4.69) is 14.7 Å². The van der Waals surface area contributed by atoms with Crippen molar-refractivity contribution >= 4 is 48.9 Å². The number of nitrogens with one attached hydrogen (secondary N) is 1. The Balaban J connectivity index is 1.66. The highest BCUT2D eigenvalue weighted by atomic mass is 35.5. The zero-order chi connectivity index (χ0) is 25.8. The van der Waals surface area contributed by atoms with Crippen LogP contribution in [0.1, 0.15) is 48.9 Å². The zero-order valence-corrected chi connectivity index (χ0v) is 21.9. The van der Waals surface area contributed by atoms with Gasteiger partial charge in [-0.15, -0.1) is 11.3 Å². The first kappa shape index (κ1) is 25.0. The molecule has 0 bridgehead atoms. The Morgan fingerprint density at radius 3 is 2.69 bits per heavy atom. The molecule has 3 aromatic heterocycles. The van der Waals surface area contributed by atoms with Gasteiger partial charge in [0.1, 0.15) is 0 Å². The van der Waals surface area contributed by atoms with Crippen LogP contribution in [0.25, 0.3) is 21.3 Å². The molecule has 7 nitrogen and oxygen atoms in total. The van der Waals surface area contributed by atoms with Crippen molar-refractivity contribution in [1.82, 2.24) is 14.7 Å². The first-order valence-electron chi connectivity index (χ1n) is 11.3. The molecular weight excluding hydrogens is 523 g/mol. The van der Waals surface area contributed by atoms with Crippen LogP contribution in [-0.2, 0) is 15.6 Å². The number of pyridine rings is 2. The smallest absolute Gasteiger partial charge is 0.215 e. The van der Waals surface area contributed by atoms with Crippen LogP contribution in [-0.4, -0.2) is 28.7 Å². The van der Waals surface area contributed by atoms with Crippen molar-refractivity contribution in [1.29, 1.82) is 0 Å². The Morgan fingerprint density at radius 1 is 1.25 bits per heavy atom. The number of nitrogen functional groups attached to an aromatic ring is 1. The summed E-state index contributed by atoms with van der Waals surface area (Å²) in [6, 6.07) is 11.3. The minimum absolute atomic E-state index is 0.0255. The van der Waals surface area contributed by atoms with Gasteiger partial charge in [-0.2, -0.15) is 0 Å². The highest BCUT2D eigenvalue weighted by Crippen LogP contribution is 2.41. The van der Waals surface area contributed by atoms with E-state index in [-0.39, 0.29) is 16.5 Å². The van der Waals surface area contributed by atoms with E-state index in [0.717, 1.165) is 21.7 Å². The molecular formula is C25H24ClFN4O3S2. The van der Waals surface area contributed by atoms with Crippen LogP contribution in [0.3, 0.4) is 0 Å². The molecule has 1 aliphatic carbocycles. The van der Waals surface area contributed by atoms with Gasteiger partial charge in [0.05, 0.1) is 33.3 Å². The van der Waals surface area contributed by atoms with Crippen molar-refractivity contribution in [2.45, 2.75) is 43.6 Å². The van der Waals surface area contributed by atoms with Crippen LogP contribution in [0.15, 0.2) is 48.7 Å². The highest BCUT2D eigenvalue weighted by Gasteiger charge is 2.39. The Bertz CT molecular complexity index is 1580. The van der Waals surface area contributed by atoms with Crippen LogP contribution in [0.5, 0.6) is 0 Å². The number of hydrogen-bond donors (Lipinski definition) is 3. The fourth-order valence-corrected chi connectivity index (χ4v) is 7.05. The minimum Gasteiger partial charge on any atom is -0.386 e. The molecule has 1 aromatic carbocycles. The van der Waals surface area contributed by atoms with Gasteiger partial charge in [-0.1, -0.05) is 29.8 Å². The van der Waals surface area contributed by atoms with Crippen molar-refractivity contribution in [2.75, 3.05) is 5.73 Å². The summed E-state index contributed by atoms with van der Waals surface area (Å²) in [5, 5.41) is 10.8. The van der Waals surface area contributed by atoms with Gasteiger partial charge in [-0.3, -0.25) is 4.98 Å². The lowest BCUT2D eigenvalue weighted by Crippen LogP contribution is -2.32. The Kier molecular flexibility index (Phi) is 6.29. The lowest BCUT2D eigenvalue weighted by Gasteiger charge is -2.19. The second-order valence-corrected chi connectivity index (χ2v) is 12.9. The second-order valence-electron chi connectivity index (χ2n) is 9.38. The van der Waals surface area contributed by atoms with Crippen LogP contribution < -0.4 is 10.5 Å². The van der Waals surface area contributed by atoms with Gasteiger partial charge >= 0.3 is 0 Å². The van der Waals surface area contributed by atoms with E-state index in [9.17, 15) is 17.9 Å². The van der Waals surface area contributed by atoms with Gasteiger partial charge in [0, 0.05) is 21.3 Å². The van der Waals surface area contributed by atoms with Gasteiger partial charge < -0.3 is 10.8 Å². The molecule has 4 aromatic rings. The van der Waals surface area contributed by atoms with Gasteiger partial charge in [0.25, 0.3) is 0 Å². The third-order valence-electron chi connectivity index (χ3n) is 6.09. The molecule has 0 amide bonds. The Hall–Kier alpha value is -2.63. The Labute approximate surface area is 217 Å². The molecule has 0 unspecified atom stereocenters. The van der Waals surface area contributed by atoms with E-state index in [1.165, 1.54) is 11.3 Å². The molecule has 1 aliphatic rings. The summed E-state index contributed by atoms with van der Waals surface area (Å²) >= 11 is 7.70. The van der Waals surface area contributed by atoms with Crippen molar-refractivity contribution in [3.8, 4) is 11.3 Å². The van der Waals surface area contributed by atoms with Crippen molar-refractivity contribution in [3.05, 3.63) is 75.6 Å². The molecule has 5 rings (SSSR count). The predicted octanol–water partition coefficient (Wildman–Crippen LogP) is 5.13. The highest BCUT2D eigenvalue weighted by molar-refractivity contribution is 7.90. The van der Waals surface area contributed by atoms with Crippen molar-refractivity contribution in [2.24, 2.45) is 0 Å². The number of thiophene rings is 1. The molecule has 1 atom stereocenters. The van der Waals surface area contributed by atoms with E-state index in [4.69, 9.17) is 17.3 Å². The summed E-state index contributed by atoms with van der Waals surface area (Å²) in [7, 11) is -3.66. The van der Waals surface area contributed by atoms with E-state index in [1.54, 1.807) is 26.1 Å². The average molecular weight is 547 g/mol. The van der Waals surface area contributed by atoms with Crippen molar-refractivity contribution < 1.29 is 17.9 Å². The quantitative estimate of drug-likeness (QED) is 0.296. The largest absolute Gasteiger partial charge is 0.386 e. The third-order valence-corrected chi connectivity index (χ3v) is 9.56. The molecule has 4 N–H and O–H groups in total. The molecule has 0 spiro atoms. The molecule has 0 aliphatic heterocycles. The monoisotopic (exact) mass is 546 g/mol. The summed E-state index contributed by atoms with van der Waals surface area (Å²) in [5.74, 6) is -1.14. The number of nitrogens with zero attached hydrogens (tertiary/aromatic N) is 2. The fourth-order valence-electron chi connectivity index (χ4n) is 3.97. The summed E-state index contributed by atoms with van der Waals surface area (Å²) in [5.41, 5.74) is 7.03. The third kappa shape index (κ3) is 4.83. The predicted molar refractivity (Wildman–Crippen MR) is 141 cm³/mol. The van der Waals surface area contributed by atoms with Crippen molar-refractivity contribution in [3.63, 3.8) is 0 Å². The summed E-state index contributed by atoms with van der Waals surface area (Å²) in [6.45, 7) is 3.41. The lowest BCUT2D eigenvalue weighted by molar-refractivity contribution is 0.0785. The maximum Gasteiger partial charge on any atom is 0.215 e. The Morgan fingerprint density at radius 2 is 2.00 bits per heavy atom. The topological polar surface area (TPSA) is 118 Å². The van der Waals surface area contributed by atoms with Crippen LogP contribution >= 0.6 is 22.9 Å². The molecule has 1 saturated carbocycles. The van der Waals surface area contributed by atoms with E-state index >= 15 is 0 Å². The summed E-state index contributed by atoms with van der Waals surface area (Å²) in [6.07, 6.45) is 2.80. The van der Waals surface area contributed by atoms with Gasteiger partial charge in [0.2, 0.25) is 10.0 Å². The number of benzene rings is 1. The number of rotatable bonds is 7. The second kappa shape index (κ2) is 9.04. The first-order chi connectivity index (χ1) is 16.9. The van der Waals surface area contributed by atoms with Crippen LogP contribution in [0.4, 0.5) is 10.2 Å². The van der Waals surface area contributed by atoms with Crippen LogP contribution in [0, 0.1) is 5.82 Å². The van der Waals surface area contributed by atoms with Crippen LogP contribution in [0.2, 0.25) is 5.02 Å². The number of aromatic nitrogens is 2. The molecule has 0 radical (unpaired) electrons. The maximum absolute atomic E-state index is 14.0. The molecule has 1 fully saturated rings. The van der Waals surface area contributed by atoms with Gasteiger partial charge in [-0.05, 0) is 61.9 Å². The standard InChI is InChI=1S/C25H24ClFN4O3S2/c1-25(2,32)14-8-9-29-19(11-14)16-5-3-4-13-10-20(35-23(13)16)22(31-36(33,34)15-6-7-15)21-17(26)12-18(27)24(28)30-21/h3-5,8-12,15,22,31-32H,6-7H2,1-2H3,(H2,28,30)/t22-/m0/s1. The number of halogens is 2. The molecule has 3 heterocycles. The molecule has 36 heavy (non-hydrogen) atoms. The molecule has 11 heteroatoms. The number of nitrogens with two attached hydrogens (primary N) is 1. The van der Waals surface area contributed by atoms with E-state index in [1.807, 2.05) is 30.3 Å². The van der Waals surface area contributed by atoms with E-state index < -0.39 is 32.7 Å². The first-order valence-corrected chi connectivity index (χ1v) is 14.0. The normalized spacial score (nSPS) is 15.4. The number of hydrogen-bond acceptors (Lipinski definition) is 7. The van der Waals surface area contributed by atoms with Gasteiger partial charge in [0.15, 0.2) is 11.6 Å². The molecule has 0 saturated heterocycles. The number of aliphatic hydroxyl groups is 1. The summed E-state index contributed by atoms with van der Waals surface area (Å²) in [4.78, 5) is 9.24. The fraction of sp³-hybridized carbons (Fsp3) is 0.280. The number of sulfonamides is 1.